The normalized spacial score (nSPS) is 10.3. The number of esters is 1. The molecule has 0 heterocycles. The molecule has 1 aromatic rings. The van der Waals surface area contributed by atoms with Gasteiger partial charge in [0.15, 0.2) is 0 Å². The van der Waals surface area contributed by atoms with E-state index in [1.54, 1.807) is 0 Å². The van der Waals surface area contributed by atoms with E-state index >= 15 is 0 Å². The highest BCUT2D eigenvalue weighted by Gasteiger charge is 2.00. The van der Waals surface area contributed by atoms with Crippen LogP contribution in [0.4, 0.5) is 0 Å². The average Bonchev–Trinajstić information content (AvgIpc) is 2.42. The Morgan fingerprint density at radius 3 is 2.70 bits per heavy atom. The zero-order valence-corrected chi connectivity index (χ0v) is 12.7. The van der Waals surface area contributed by atoms with Gasteiger partial charge in [0, 0.05) is 6.54 Å². The predicted octanol–water partition coefficient (Wildman–Crippen LogP) is 2.62. The summed E-state index contributed by atoms with van der Waals surface area (Å²) < 4.78 is 10.5. The second kappa shape index (κ2) is 9.37. The number of hydrogen-bond acceptors (Lipinski definition) is 4. The van der Waals surface area contributed by atoms with Crippen molar-refractivity contribution in [2.75, 3.05) is 26.3 Å². The number of nitrogens with one attached hydrogen (secondary N) is 1. The molecule has 0 fully saturated rings. The lowest BCUT2D eigenvalue weighted by Gasteiger charge is -2.09. The fourth-order valence-corrected chi connectivity index (χ4v) is 1.74. The molecule has 0 bridgehead atoms. The molecule has 0 spiro atoms. The van der Waals surface area contributed by atoms with E-state index in [0.29, 0.717) is 26.2 Å². The van der Waals surface area contributed by atoms with Gasteiger partial charge in [-0.25, -0.2) is 0 Å². The number of benzene rings is 1. The molecule has 0 atom stereocenters. The van der Waals surface area contributed by atoms with E-state index in [2.05, 4.69) is 31.3 Å². The maximum Gasteiger partial charge on any atom is 0.307 e. The van der Waals surface area contributed by atoms with E-state index in [4.69, 9.17) is 9.47 Å². The summed E-state index contributed by atoms with van der Waals surface area (Å²) in [5, 5.41) is 3.20. The molecule has 4 heteroatoms. The molecule has 1 aromatic carbocycles. The van der Waals surface area contributed by atoms with Gasteiger partial charge in [0.25, 0.3) is 0 Å². The Labute approximate surface area is 121 Å². The van der Waals surface area contributed by atoms with E-state index in [9.17, 15) is 4.79 Å². The largest absolute Gasteiger partial charge is 0.494 e. The minimum atomic E-state index is -0.147. The van der Waals surface area contributed by atoms with Crippen LogP contribution in [0.5, 0.6) is 5.75 Å². The lowest BCUT2D eigenvalue weighted by Crippen LogP contribution is -2.21. The summed E-state index contributed by atoms with van der Waals surface area (Å²) in [5.74, 6) is 0.769. The van der Waals surface area contributed by atoms with Crippen LogP contribution in [0.2, 0.25) is 0 Å². The van der Waals surface area contributed by atoms with Gasteiger partial charge in [0.1, 0.15) is 5.75 Å². The van der Waals surface area contributed by atoms with Crippen LogP contribution < -0.4 is 10.1 Å². The highest BCUT2D eigenvalue weighted by atomic mass is 16.5. The molecule has 0 aromatic heterocycles. The van der Waals surface area contributed by atoms with Gasteiger partial charge in [-0.2, -0.15) is 0 Å². The Hall–Kier alpha value is -1.55. The monoisotopic (exact) mass is 279 g/mol. The fraction of sp³-hybridized carbons (Fsp3) is 0.562. The van der Waals surface area contributed by atoms with E-state index in [1.165, 1.54) is 11.1 Å². The third-order valence-corrected chi connectivity index (χ3v) is 3.06. The van der Waals surface area contributed by atoms with Crippen molar-refractivity contribution < 1.29 is 14.3 Å². The first-order valence-corrected chi connectivity index (χ1v) is 7.20. The maximum atomic E-state index is 11.1. The maximum absolute atomic E-state index is 11.1. The first kappa shape index (κ1) is 16.5. The van der Waals surface area contributed by atoms with Crippen LogP contribution in [-0.2, 0) is 9.53 Å². The van der Waals surface area contributed by atoms with Crippen LogP contribution in [0.1, 0.15) is 30.9 Å². The van der Waals surface area contributed by atoms with Crippen LogP contribution in [-0.4, -0.2) is 32.3 Å². The Balaban J connectivity index is 2.04. The standard InChI is InChI=1S/C16H25NO3/c1-4-19-16(18)8-10-17-9-5-11-20-15-7-6-13(2)14(3)12-15/h6-7,12,17H,4-5,8-11H2,1-3H3. The topological polar surface area (TPSA) is 47.6 Å². The third kappa shape index (κ3) is 6.57. The highest BCUT2D eigenvalue weighted by Crippen LogP contribution is 2.16. The van der Waals surface area contributed by atoms with Crippen molar-refractivity contribution in [2.45, 2.75) is 33.6 Å². The van der Waals surface area contributed by atoms with Crippen molar-refractivity contribution in [3.63, 3.8) is 0 Å². The van der Waals surface area contributed by atoms with Crippen molar-refractivity contribution >= 4 is 5.97 Å². The number of hydrogen-bond donors (Lipinski definition) is 1. The number of carbonyl (C=O) groups is 1. The first-order chi connectivity index (χ1) is 9.63. The summed E-state index contributed by atoms with van der Waals surface area (Å²) in [6.45, 7) is 8.60. The second-order valence-electron chi connectivity index (χ2n) is 4.75. The Morgan fingerprint density at radius 2 is 2.00 bits per heavy atom. The minimum absolute atomic E-state index is 0.147. The second-order valence-corrected chi connectivity index (χ2v) is 4.75. The van der Waals surface area contributed by atoms with Crippen molar-refractivity contribution in [2.24, 2.45) is 0 Å². The summed E-state index contributed by atoms with van der Waals surface area (Å²) in [4.78, 5) is 11.1. The molecule has 0 unspecified atom stereocenters. The minimum Gasteiger partial charge on any atom is -0.494 e. The number of rotatable bonds is 9. The summed E-state index contributed by atoms with van der Waals surface area (Å²) in [6, 6.07) is 6.13. The lowest BCUT2D eigenvalue weighted by molar-refractivity contribution is -0.142. The zero-order chi connectivity index (χ0) is 14.8. The molecule has 20 heavy (non-hydrogen) atoms. The van der Waals surface area contributed by atoms with Gasteiger partial charge in [-0.05, 0) is 57.0 Å². The van der Waals surface area contributed by atoms with Crippen molar-refractivity contribution in [1.29, 1.82) is 0 Å². The third-order valence-electron chi connectivity index (χ3n) is 3.06. The molecule has 1 N–H and O–H groups in total. The molecule has 0 aliphatic heterocycles. The van der Waals surface area contributed by atoms with Crippen LogP contribution in [0.15, 0.2) is 18.2 Å². The predicted molar refractivity (Wildman–Crippen MR) is 80.1 cm³/mol. The molecule has 0 radical (unpaired) electrons. The molecule has 4 nitrogen and oxygen atoms in total. The SMILES string of the molecule is CCOC(=O)CCNCCCOc1ccc(C)c(C)c1. The Morgan fingerprint density at radius 1 is 1.20 bits per heavy atom. The van der Waals surface area contributed by atoms with Crippen molar-refractivity contribution in [3.05, 3.63) is 29.3 Å². The Kier molecular flexibility index (Phi) is 7.73. The number of carbonyl (C=O) groups excluding carboxylic acids is 1. The van der Waals surface area contributed by atoms with Gasteiger partial charge in [0.2, 0.25) is 0 Å². The Bertz CT molecular complexity index is 418. The molecule has 112 valence electrons. The van der Waals surface area contributed by atoms with Crippen LogP contribution in [0.25, 0.3) is 0 Å². The molecular weight excluding hydrogens is 254 g/mol. The number of ether oxygens (including phenoxy) is 2. The summed E-state index contributed by atoms with van der Waals surface area (Å²) >= 11 is 0. The quantitative estimate of drug-likeness (QED) is 0.557. The summed E-state index contributed by atoms with van der Waals surface area (Å²) in [6.07, 6.45) is 1.33. The van der Waals surface area contributed by atoms with Crippen LogP contribution >= 0.6 is 0 Å². The smallest absolute Gasteiger partial charge is 0.307 e. The molecular formula is C16H25NO3. The molecule has 0 aliphatic rings. The van der Waals surface area contributed by atoms with E-state index in [1.807, 2.05) is 13.0 Å². The number of aryl methyl sites for hydroxylation is 2. The molecule has 0 aliphatic carbocycles. The van der Waals surface area contributed by atoms with Gasteiger partial charge >= 0.3 is 5.97 Å². The van der Waals surface area contributed by atoms with Crippen molar-refractivity contribution in [1.82, 2.24) is 5.32 Å². The van der Waals surface area contributed by atoms with E-state index in [0.717, 1.165) is 18.7 Å². The summed E-state index contributed by atoms with van der Waals surface area (Å²) in [5.41, 5.74) is 2.52. The first-order valence-electron chi connectivity index (χ1n) is 7.20. The van der Waals surface area contributed by atoms with Gasteiger partial charge in [-0.3, -0.25) is 4.79 Å². The van der Waals surface area contributed by atoms with Gasteiger partial charge < -0.3 is 14.8 Å². The van der Waals surface area contributed by atoms with Gasteiger partial charge in [-0.1, -0.05) is 6.07 Å². The van der Waals surface area contributed by atoms with Crippen molar-refractivity contribution in [3.8, 4) is 5.75 Å². The van der Waals surface area contributed by atoms with E-state index < -0.39 is 0 Å². The van der Waals surface area contributed by atoms with Gasteiger partial charge in [0.05, 0.1) is 19.6 Å². The highest BCUT2D eigenvalue weighted by molar-refractivity contribution is 5.69. The van der Waals surface area contributed by atoms with E-state index in [-0.39, 0.29) is 5.97 Å². The van der Waals surface area contributed by atoms with Crippen LogP contribution in [0, 0.1) is 13.8 Å². The molecule has 0 saturated carbocycles. The zero-order valence-electron chi connectivity index (χ0n) is 12.7. The molecule has 0 saturated heterocycles. The summed E-state index contributed by atoms with van der Waals surface area (Å²) in [7, 11) is 0. The fourth-order valence-electron chi connectivity index (χ4n) is 1.74. The lowest BCUT2D eigenvalue weighted by atomic mass is 10.1. The van der Waals surface area contributed by atoms with Crippen LogP contribution in [0.3, 0.4) is 0 Å². The molecule has 0 amide bonds. The van der Waals surface area contributed by atoms with Gasteiger partial charge in [-0.15, -0.1) is 0 Å². The average molecular weight is 279 g/mol. The molecule has 1 rings (SSSR count).